The number of imidazole rings is 1. The number of hydrogen-bond donors (Lipinski definition) is 0. The van der Waals surface area contributed by atoms with Crippen molar-refractivity contribution >= 4 is 28.3 Å². The third-order valence-electron chi connectivity index (χ3n) is 1.94. The van der Waals surface area contributed by atoms with Gasteiger partial charge in [-0.05, 0) is 23.7 Å². The first-order valence-electron chi connectivity index (χ1n) is 3.72. The van der Waals surface area contributed by atoms with E-state index in [1.54, 1.807) is 22.8 Å². The smallest absolute Gasteiger partial charge is 0.203 e. The molecule has 1 aromatic heterocycles. The molecule has 0 bridgehead atoms. The fourth-order valence-electron chi connectivity index (χ4n) is 1.22. The maximum Gasteiger partial charge on any atom is 0.203 e. The molecule has 1 aromatic carbocycles. The molecule has 0 atom stereocenters. The SMILES string of the molecule is [C-]#[N+]c1ccc2nc(Cl)n(C)c2c1. The summed E-state index contributed by atoms with van der Waals surface area (Å²) in [5, 5.41) is 0.442. The van der Waals surface area contributed by atoms with E-state index in [0.29, 0.717) is 11.0 Å². The maximum atomic E-state index is 6.86. The van der Waals surface area contributed by atoms with Crippen molar-refractivity contribution in [3.63, 3.8) is 0 Å². The molecule has 64 valence electrons. The van der Waals surface area contributed by atoms with Gasteiger partial charge in [-0.2, -0.15) is 0 Å². The van der Waals surface area contributed by atoms with E-state index in [2.05, 4.69) is 9.83 Å². The van der Waals surface area contributed by atoms with Gasteiger partial charge in [-0.3, -0.25) is 0 Å². The third kappa shape index (κ3) is 1.16. The predicted octanol–water partition coefficient (Wildman–Crippen LogP) is 2.78. The van der Waals surface area contributed by atoms with Gasteiger partial charge in [0.1, 0.15) is 0 Å². The summed E-state index contributed by atoms with van der Waals surface area (Å²) in [6.07, 6.45) is 0. The zero-order valence-corrected chi connectivity index (χ0v) is 7.71. The Morgan fingerprint density at radius 1 is 1.54 bits per heavy atom. The van der Waals surface area contributed by atoms with E-state index in [4.69, 9.17) is 18.2 Å². The van der Waals surface area contributed by atoms with E-state index in [1.807, 2.05) is 7.05 Å². The van der Waals surface area contributed by atoms with E-state index >= 15 is 0 Å². The van der Waals surface area contributed by atoms with Crippen molar-refractivity contribution in [3.8, 4) is 0 Å². The molecule has 3 nitrogen and oxygen atoms in total. The number of benzene rings is 1. The van der Waals surface area contributed by atoms with Gasteiger partial charge in [-0.15, -0.1) is 0 Å². The Morgan fingerprint density at radius 2 is 2.31 bits per heavy atom. The summed E-state index contributed by atoms with van der Waals surface area (Å²) < 4.78 is 1.76. The number of aromatic nitrogens is 2. The molecule has 2 aromatic rings. The van der Waals surface area contributed by atoms with Gasteiger partial charge in [-0.1, -0.05) is 6.07 Å². The number of rotatable bonds is 0. The molecule has 0 aliphatic heterocycles. The average molecular weight is 192 g/mol. The molecule has 0 aliphatic carbocycles. The van der Waals surface area contributed by atoms with Crippen LogP contribution in [0.1, 0.15) is 0 Å². The number of aryl methyl sites for hydroxylation is 1. The first kappa shape index (κ1) is 8.09. The molecule has 0 saturated heterocycles. The van der Waals surface area contributed by atoms with Crippen molar-refractivity contribution in [2.24, 2.45) is 7.05 Å². The van der Waals surface area contributed by atoms with E-state index in [-0.39, 0.29) is 0 Å². The van der Waals surface area contributed by atoms with Crippen LogP contribution in [0.4, 0.5) is 5.69 Å². The topological polar surface area (TPSA) is 22.2 Å². The van der Waals surface area contributed by atoms with Crippen molar-refractivity contribution in [3.05, 3.63) is 34.9 Å². The molecule has 0 aliphatic rings. The second kappa shape index (κ2) is 2.75. The molecule has 0 saturated carbocycles. The molecule has 13 heavy (non-hydrogen) atoms. The molecule has 1 heterocycles. The second-order valence-electron chi connectivity index (χ2n) is 2.72. The largest absolute Gasteiger partial charge is 0.319 e. The Labute approximate surface area is 80.4 Å². The summed E-state index contributed by atoms with van der Waals surface area (Å²) in [7, 11) is 1.82. The van der Waals surface area contributed by atoms with Gasteiger partial charge >= 0.3 is 0 Å². The average Bonchev–Trinajstić information content (AvgIpc) is 2.43. The van der Waals surface area contributed by atoms with Crippen molar-refractivity contribution in [1.29, 1.82) is 0 Å². The highest BCUT2D eigenvalue weighted by Gasteiger charge is 2.05. The minimum absolute atomic E-state index is 0.442. The Hall–Kier alpha value is -1.53. The summed E-state index contributed by atoms with van der Waals surface area (Å²) in [6.45, 7) is 6.86. The highest BCUT2D eigenvalue weighted by atomic mass is 35.5. The highest BCUT2D eigenvalue weighted by molar-refractivity contribution is 6.29. The second-order valence-corrected chi connectivity index (χ2v) is 3.06. The Morgan fingerprint density at radius 3 is 3.00 bits per heavy atom. The summed E-state index contributed by atoms with van der Waals surface area (Å²) >= 11 is 5.82. The van der Waals surface area contributed by atoms with Crippen molar-refractivity contribution in [1.82, 2.24) is 9.55 Å². The summed E-state index contributed by atoms with van der Waals surface area (Å²) in [4.78, 5) is 7.45. The van der Waals surface area contributed by atoms with Crippen molar-refractivity contribution in [2.45, 2.75) is 0 Å². The van der Waals surface area contributed by atoms with Gasteiger partial charge in [0.25, 0.3) is 0 Å². The fraction of sp³-hybridized carbons (Fsp3) is 0.111. The van der Waals surface area contributed by atoms with Crippen LogP contribution in [0.5, 0.6) is 0 Å². The van der Waals surface area contributed by atoms with Crippen LogP contribution in [-0.2, 0) is 7.05 Å². The van der Waals surface area contributed by atoms with Gasteiger partial charge in [0.15, 0.2) is 5.69 Å². The van der Waals surface area contributed by atoms with E-state index < -0.39 is 0 Å². The third-order valence-corrected chi connectivity index (χ3v) is 2.28. The molecule has 0 fully saturated rings. The van der Waals surface area contributed by atoms with Gasteiger partial charge in [0.05, 0.1) is 17.6 Å². The maximum absolute atomic E-state index is 6.86. The molecule has 0 spiro atoms. The van der Waals surface area contributed by atoms with Crippen LogP contribution >= 0.6 is 11.6 Å². The quantitative estimate of drug-likeness (QED) is 0.587. The Kier molecular flexibility index (Phi) is 1.71. The molecule has 2 rings (SSSR count). The standard InChI is InChI=1S/C9H6ClN3/c1-11-6-3-4-7-8(5-6)13(2)9(10)12-7/h3-5H,2H3. The van der Waals surface area contributed by atoms with Crippen LogP contribution < -0.4 is 0 Å². The molecule has 0 N–H and O–H groups in total. The normalized spacial score (nSPS) is 10.2. The molecule has 0 amide bonds. The van der Waals surface area contributed by atoms with Gasteiger partial charge in [0.2, 0.25) is 5.28 Å². The van der Waals surface area contributed by atoms with Crippen LogP contribution in [0.25, 0.3) is 15.9 Å². The van der Waals surface area contributed by atoms with Crippen LogP contribution in [0.2, 0.25) is 5.28 Å². The van der Waals surface area contributed by atoms with Gasteiger partial charge < -0.3 is 4.57 Å². The van der Waals surface area contributed by atoms with Gasteiger partial charge in [0, 0.05) is 7.05 Å². The summed E-state index contributed by atoms with van der Waals surface area (Å²) in [5.74, 6) is 0. The zero-order chi connectivity index (χ0) is 9.42. The highest BCUT2D eigenvalue weighted by Crippen LogP contribution is 2.23. The summed E-state index contributed by atoms with van der Waals surface area (Å²) in [6, 6.07) is 5.31. The van der Waals surface area contributed by atoms with Crippen LogP contribution in [0.3, 0.4) is 0 Å². The number of hydrogen-bond acceptors (Lipinski definition) is 1. The van der Waals surface area contributed by atoms with E-state index in [1.165, 1.54) is 0 Å². The summed E-state index contributed by atoms with van der Waals surface area (Å²) in [5.41, 5.74) is 2.31. The van der Waals surface area contributed by atoms with E-state index in [9.17, 15) is 0 Å². The van der Waals surface area contributed by atoms with Crippen LogP contribution in [-0.4, -0.2) is 9.55 Å². The van der Waals surface area contributed by atoms with Crippen molar-refractivity contribution in [2.75, 3.05) is 0 Å². The number of fused-ring (bicyclic) bond motifs is 1. The van der Waals surface area contributed by atoms with Crippen LogP contribution in [0.15, 0.2) is 18.2 Å². The lowest BCUT2D eigenvalue weighted by molar-refractivity contribution is 0.949. The lowest BCUT2D eigenvalue weighted by Gasteiger charge is -1.94. The lowest BCUT2D eigenvalue weighted by atomic mass is 10.3. The molecular formula is C9H6ClN3. The predicted molar refractivity (Wildman–Crippen MR) is 52.0 cm³/mol. The fourth-order valence-corrected chi connectivity index (χ4v) is 1.40. The minimum Gasteiger partial charge on any atom is -0.319 e. The Balaban J connectivity index is 2.84. The van der Waals surface area contributed by atoms with Crippen molar-refractivity contribution < 1.29 is 0 Å². The first-order chi connectivity index (χ1) is 6.22. The zero-order valence-electron chi connectivity index (χ0n) is 6.95. The number of nitrogens with zero attached hydrogens (tertiary/aromatic N) is 3. The minimum atomic E-state index is 0.442. The molecular weight excluding hydrogens is 186 g/mol. The first-order valence-corrected chi connectivity index (χ1v) is 4.09. The Bertz CT molecular complexity index is 507. The molecule has 4 heteroatoms. The lowest BCUT2D eigenvalue weighted by Crippen LogP contribution is -1.85. The number of halogens is 1. The van der Waals surface area contributed by atoms with E-state index in [0.717, 1.165) is 11.0 Å². The van der Waals surface area contributed by atoms with Gasteiger partial charge in [-0.25, -0.2) is 9.83 Å². The molecule has 0 unspecified atom stereocenters. The van der Waals surface area contributed by atoms with Crippen LogP contribution in [0, 0.1) is 6.57 Å². The monoisotopic (exact) mass is 191 g/mol. The molecule has 0 radical (unpaired) electrons.